The second-order valence-corrected chi connectivity index (χ2v) is 6.06. The molecule has 0 fully saturated rings. The maximum Gasteiger partial charge on any atom is 0.195 e. The predicted octanol–water partition coefficient (Wildman–Crippen LogP) is 3.80. The van der Waals surface area contributed by atoms with Crippen molar-refractivity contribution < 1.29 is 4.42 Å². The van der Waals surface area contributed by atoms with Crippen LogP contribution in [0.1, 0.15) is 18.0 Å². The lowest BCUT2D eigenvalue weighted by molar-refractivity contribution is 0.519. The molecule has 2 aromatic heterocycles. The molecule has 0 aliphatic rings. The van der Waals surface area contributed by atoms with Crippen LogP contribution in [-0.4, -0.2) is 9.97 Å². The quantitative estimate of drug-likeness (QED) is 0.786. The van der Waals surface area contributed by atoms with E-state index in [0.29, 0.717) is 5.13 Å². The number of rotatable bonds is 4. The van der Waals surface area contributed by atoms with E-state index < -0.39 is 0 Å². The lowest BCUT2D eigenvalue weighted by Gasteiger charge is -1.94. The summed E-state index contributed by atoms with van der Waals surface area (Å²) in [6.07, 6.45) is 2.66. The van der Waals surface area contributed by atoms with Crippen LogP contribution in [0.5, 0.6) is 0 Å². The fraction of sp³-hybridized carbons (Fsp3) is 0.231. The van der Waals surface area contributed by atoms with E-state index in [4.69, 9.17) is 10.2 Å². The van der Waals surface area contributed by atoms with Gasteiger partial charge in [0.1, 0.15) is 5.52 Å². The number of fused-ring (bicyclic) bond motifs is 1. The largest absolute Gasteiger partial charge is 0.441 e. The summed E-state index contributed by atoms with van der Waals surface area (Å²) in [5, 5.41) is 2.63. The average molecular weight is 338 g/mol. The fourth-order valence-corrected chi connectivity index (χ4v) is 2.86. The standard InChI is InChI=1S/C13H12BrN3OS/c14-8-4-5-11-10(6-8)17-12(18-11)3-1-2-9-7-19-13(15)16-9/h4-7H,1-3H2,(H2,15,16). The second-order valence-electron chi connectivity index (χ2n) is 4.25. The number of halogens is 1. The van der Waals surface area contributed by atoms with Gasteiger partial charge < -0.3 is 10.2 Å². The predicted molar refractivity (Wildman–Crippen MR) is 80.3 cm³/mol. The number of aryl methyl sites for hydroxylation is 2. The third kappa shape index (κ3) is 2.96. The van der Waals surface area contributed by atoms with E-state index in [1.165, 1.54) is 11.3 Å². The Morgan fingerprint density at radius 1 is 1.26 bits per heavy atom. The monoisotopic (exact) mass is 337 g/mol. The van der Waals surface area contributed by atoms with Gasteiger partial charge in [0.15, 0.2) is 16.6 Å². The summed E-state index contributed by atoms with van der Waals surface area (Å²) in [7, 11) is 0. The first-order valence-electron chi connectivity index (χ1n) is 5.95. The van der Waals surface area contributed by atoms with Gasteiger partial charge in [-0.1, -0.05) is 15.9 Å². The second kappa shape index (κ2) is 5.30. The average Bonchev–Trinajstić information content (AvgIpc) is 2.95. The zero-order chi connectivity index (χ0) is 13.2. The van der Waals surface area contributed by atoms with Crippen LogP contribution < -0.4 is 5.73 Å². The minimum atomic E-state index is 0.627. The molecule has 0 spiro atoms. The Labute approximate surface area is 122 Å². The number of anilines is 1. The Balaban J connectivity index is 1.65. The molecule has 0 amide bonds. The van der Waals surface area contributed by atoms with Gasteiger partial charge in [0.05, 0.1) is 5.69 Å². The normalized spacial score (nSPS) is 11.2. The van der Waals surface area contributed by atoms with E-state index in [0.717, 1.165) is 46.4 Å². The summed E-state index contributed by atoms with van der Waals surface area (Å²) in [5.74, 6) is 0.774. The van der Waals surface area contributed by atoms with Crippen LogP contribution in [0.2, 0.25) is 0 Å². The highest BCUT2D eigenvalue weighted by Gasteiger charge is 2.06. The molecule has 0 aliphatic heterocycles. The summed E-state index contributed by atoms with van der Waals surface area (Å²) in [5.41, 5.74) is 8.36. The maximum atomic E-state index is 5.69. The minimum Gasteiger partial charge on any atom is -0.441 e. The van der Waals surface area contributed by atoms with Crippen molar-refractivity contribution in [3.8, 4) is 0 Å². The Bertz CT molecular complexity index is 707. The number of hydrogen-bond acceptors (Lipinski definition) is 5. The molecule has 0 radical (unpaired) electrons. The van der Waals surface area contributed by atoms with Crippen LogP contribution in [-0.2, 0) is 12.8 Å². The highest BCUT2D eigenvalue weighted by atomic mass is 79.9. The number of nitrogens with zero attached hydrogens (tertiary/aromatic N) is 2. The molecule has 6 heteroatoms. The van der Waals surface area contributed by atoms with Crippen molar-refractivity contribution in [2.75, 3.05) is 5.73 Å². The highest BCUT2D eigenvalue weighted by Crippen LogP contribution is 2.21. The van der Waals surface area contributed by atoms with E-state index >= 15 is 0 Å². The van der Waals surface area contributed by atoms with E-state index in [-0.39, 0.29) is 0 Å². The number of benzene rings is 1. The van der Waals surface area contributed by atoms with Crippen molar-refractivity contribution in [3.63, 3.8) is 0 Å². The van der Waals surface area contributed by atoms with Crippen molar-refractivity contribution in [3.05, 3.63) is 39.6 Å². The molecule has 0 bridgehead atoms. The zero-order valence-corrected chi connectivity index (χ0v) is 12.5. The van der Waals surface area contributed by atoms with Crippen molar-refractivity contribution in [2.24, 2.45) is 0 Å². The van der Waals surface area contributed by atoms with Gasteiger partial charge in [-0.3, -0.25) is 0 Å². The molecule has 0 saturated heterocycles. The molecule has 4 nitrogen and oxygen atoms in total. The number of nitrogens with two attached hydrogens (primary N) is 1. The summed E-state index contributed by atoms with van der Waals surface area (Å²) in [4.78, 5) is 8.71. The summed E-state index contributed by atoms with van der Waals surface area (Å²) >= 11 is 4.91. The van der Waals surface area contributed by atoms with Crippen LogP contribution in [0.4, 0.5) is 5.13 Å². The lowest BCUT2D eigenvalue weighted by Crippen LogP contribution is -1.91. The molecule has 98 valence electrons. The third-order valence-electron chi connectivity index (χ3n) is 2.79. The van der Waals surface area contributed by atoms with Gasteiger partial charge in [0, 0.05) is 16.3 Å². The SMILES string of the molecule is Nc1nc(CCCc2nc3cc(Br)ccc3o2)cs1. The molecule has 19 heavy (non-hydrogen) atoms. The van der Waals surface area contributed by atoms with Gasteiger partial charge in [0.2, 0.25) is 0 Å². The van der Waals surface area contributed by atoms with Crippen molar-refractivity contribution in [1.29, 1.82) is 0 Å². The molecule has 0 unspecified atom stereocenters. The van der Waals surface area contributed by atoms with Crippen LogP contribution in [0.25, 0.3) is 11.1 Å². The number of aromatic nitrogens is 2. The van der Waals surface area contributed by atoms with Crippen molar-refractivity contribution in [2.45, 2.75) is 19.3 Å². The molecule has 0 atom stereocenters. The molecule has 2 N–H and O–H groups in total. The van der Waals surface area contributed by atoms with Gasteiger partial charge >= 0.3 is 0 Å². The highest BCUT2D eigenvalue weighted by molar-refractivity contribution is 9.10. The Hall–Kier alpha value is -1.40. The van der Waals surface area contributed by atoms with Gasteiger partial charge in [0.25, 0.3) is 0 Å². The first kappa shape index (κ1) is 12.6. The third-order valence-corrected chi connectivity index (χ3v) is 4.00. The van der Waals surface area contributed by atoms with Gasteiger partial charge in [-0.15, -0.1) is 11.3 Å². The summed E-state index contributed by atoms with van der Waals surface area (Å²) in [6.45, 7) is 0. The lowest BCUT2D eigenvalue weighted by atomic mass is 10.2. The van der Waals surface area contributed by atoms with E-state index in [1.54, 1.807) is 0 Å². The molecule has 3 rings (SSSR count). The van der Waals surface area contributed by atoms with Crippen LogP contribution in [0.3, 0.4) is 0 Å². The molecule has 0 aliphatic carbocycles. The molecular formula is C13H12BrN3OS. The van der Waals surface area contributed by atoms with Gasteiger partial charge in [-0.2, -0.15) is 0 Å². The van der Waals surface area contributed by atoms with Crippen molar-refractivity contribution >= 4 is 43.5 Å². The Morgan fingerprint density at radius 2 is 2.16 bits per heavy atom. The molecular weight excluding hydrogens is 326 g/mol. The van der Waals surface area contributed by atoms with E-state index in [9.17, 15) is 0 Å². The maximum absolute atomic E-state index is 5.69. The Kier molecular flexibility index (Phi) is 3.52. The Morgan fingerprint density at radius 3 is 2.95 bits per heavy atom. The van der Waals surface area contributed by atoms with Gasteiger partial charge in [-0.25, -0.2) is 9.97 Å². The smallest absolute Gasteiger partial charge is 0.195 e. The number of hydrogen-bond donors (Lipinski definition) is 1. The molecule has 0 saturated carbocycles. The number of oxazole rings is 1. The first-order chi connectivity index (χ1) is 9.20. The zero-order valence-electron chi connectivity index (χ0n) is 10.1. The number of nitrogen functional groups attached to an aromatic ring is 1. The van der Waals surface area contributed by atoms with Crippen molar-refractivity contribution in [1.82, 2.24) is 9.97 Å². The summed E-state index contributed by atoms with van der Waals surface area (Å²) in [6, 6.07) is 5.84. The molecule has 2 heterocycles. The van der Waals surface area contributed by atoms with Crippen LogP contribution in [0, 0.1) is 0 Å². The van der Waals surface area contributed by atoms with Crippen LogP contribution in [0.15, 0.2) is 32.5 Å². The molecule has 1 aromatic carbocycles. The van der Waals surface area contributed by atoms with E-state index in [1.807, 2.05) is 23.6 Å². The van der Waals surface area contributed by atoms with Crippen LogP contribution >= 0.6 is 27.3 Å². The molecule has 3 aromatic rings. The first-order valence-corrected chi connectivity index (χ1v) is 7.63. The van der Waals surface area contributed by atoms with Gasteiger partial charge in [-0.05, 0) is 31.0 Å². The minimum absolute atomic E-state index is 0.627. The fourth-order valence-electron chi connectivity index (χ4n) is 1.91. The van der Waals surface area contributed by atoms with E-state index in [2.05, 4.69) is 25.9 Å². The number of thiazole rings is 1. The summed E-state index contributed by atoms with van der Waals surface area (Å²) < 4.78 is 6.70. The topological polar surface area (TPSA) is 64.9 Å².